The Bertz CT molecular complexity index is 771. The number of carbonyl (C=O) groups is 1. The zero-order valence-corrected chi connectivity index (χ0v) is 15.7. The van der Waals surface area contributed by atoms with Crippen molar-refractivity contribution in [1.29, 1.82) is 0 Å². The van der Waals surface area contributed by atoms with Crippen LogP contribution in [0.25, 0.3) is 11.3 Å². The van der Waals surface area contributed by atoms with Gasteiger partial charge in [0.1, 0.15) is 5.76 Å². The summed E-state index contributed by atoms with van der Waals surface area (Å²) >= 11 is 6.21. The number of hydrogen-bond donors (Lipinski definition) is 1. The molecule has 1 aromatic carbocycles. The van der Waals surface area contributed by atoms with Crippen molar-refractivity contribution in [3.05, 3.63) is 47.2 Å². The SMILES string of the molecule is O=C(NC[C@H]1CCCN2CCCC[C@H]12)c1ccc(-c2ccccc2Cl)o1. The first-order valence-corrected chi connectivity index (χ1v) is 9.97. The van der Waals surface area contributed by atoms with Crippen molar-refractivity contribution in [2.24, 2.45) is 5.92 Å². The van der Waals surface area contributed by atoms with Crippen molar-refractivity contribution in [3.63, 3.8) is 0 Å². The molecule has 1 aromatic heterocycles. The van der Waals surface area contributed by atoms with E-state index in [-0.39, 0.29) is 5.91 Å². The van der Waals surface area contributed by atoms with Crippen LogP contribution in [-0.2, 0) is 0 Å². The molecule has 5 heteroatoms. The number of carbonyl (C=O) groups excluding carboxylic acids is 1. The normalized spacial score (nSPS) is 23.4. The number of rotatable bonds is 4. The number of piperidine rings is 2. The lowest BCUT2D eigenvalue weighted by molar-refractivity contribution is 0.0571. The van der Waals surface area contributed by atoms with E-state index >= 15 is 0 Å². The van der Waals surface area contributed by atoms with Gasteiger partial charge < -0.3 is 14.6 Å². The monoisotopic (exact) mass is 372 g/mol. The standard InChI is InChI=1S/C21H25ClN2O2/c22-17-8-2-1-7-16(17)19-10-11-20(26-19)21(25)23-14-15-6-5-13-24-12-4-3-9-18(15)24/h1-2,7-8,10-11,15,18H,3-6,9,12-14H2,(H,23,25)/t15-,18-/m1/s1. The second kappa shape index (κ2) is 7.85. The molecule has 2 saturated heterocycles. The maximum absolute atomic E-state index is 12.5. The number of halogens is 1. The lowest BCUT2D eigenvalue weighted by atomic mass is 9.83. The van der Waals surface area contributed by atoms with Gasteiger partial charge in [-0.05, 0) is 69.0 Å². The van der Waals surface area contributed by atoms with Gasteiger partial charge in [-0.3, -0.25) is 4.79 Å². The van der Waals surface area contributed by atoms with Crippen molar-refractivity contribution in [3.8, 4) is 11.3 Å². The van der Waals surface area contributed by atoms with E-state index in [0.717, 1.165) is 12.1 Å². The molecule has 0 spiro atoms. The highest BCUT2D eigenvalue weighted by Crippen LogP contribution is 2.31. The number of nitrogens with one attached hydrogen (secondary N) is 1. The van der Waals surface area contributed by atoms with Gasteiger partial charge in [-0.2, -0.15) is 0 Å². The second-order valence-electron chi connectivity index (χ2n) is 7.36. The molecule has 0 unspecified atom stereocenters. The summed E-state index contributed by atoms with van der Waals surface area (Å²) < 4.78 is 5.75. The molecule has 0 bridgehead atoms. The predicted molar refractivity (Wildman–Crippen MR) is 103 cm³/mol. The third-order valence-electron chi connectivity index (χ3n) is 5.72. The minimum absolute atomic E-state index is 0.142. The molecule has 0 aliphatic carbocycles. The molecule has 0 saturated carbocycles. The molecular formula is C21H25ClN2O2. The molecule has 3 heterocycles. The molecule has 4 nitrogen and oxygen atoms in total. The van der Waals surface area contributed by atoms with Crippen LogP contribution in [0.1, 0.15) is 42.7 Å². The Morgan fingerprint density at radius 1 is 1.12 bits per heavy atom. The Morgan fingerprint density at radius 3 is 2.85 bits per heavy atom. The van der Waals surface area contributed by atoms with Crippen LogP contribution in [0, 0.1) is 5.92 Å². The lowest BCUT2D eigenvalue weighted by Gasteiger charge is -2.44. The number of benzene rings is 1. The summed E-state index contributed by atoms with van der Waals surface area (Å²) in [5.41, 5.74) is 0.804. The topological polar surface area (TPSA) is 45.5 Å². The van der Waals surface area contributed by atoms with E-state index < -0.39 is 0 Å². The zero-order valence-electron chi connectivity index (χ0n) is 14.9. The maximum atomic E-state index is 12.5. The van der Waals surface area contributed by atoms with Gasteiger partial charge in [0.2, 0.25) is 0 Å². The first-order chi connectivity index (χ1) is 12.7. The minimum Gasteiger partial charge on any atom is -0.451 e. The number of fused-ring (bicyclic) bond motifs is 1. The van der Waals surface area contributed by atoms with E-state index in [9.17, 15) is 4.79 Å². The molecule has 2 fully saturated rings. The van der Waals surface area contributed by atoms with E-state index in [1.165, 1.54) is 45.2 Å². The Morgan fingerprint density at radius 2 is 1.96 bits per heavy atom. The fourth-order valence-electron chi connectivity index (χ4n) is 4.39. The summed E-state index contributed by atoms with van der Waals surface area (Å²) in [4.78, 5) is 15.1. The summed E-state index contributed by atoms with van der Waals surface area (Å²) in [6, 6.07) is 11.7. The quantitative estimate of drug-likeness (QED) is 0.853. The molecule has 1 amide bonds. The minimum atomic E-state index is -0.142. The van der Waals surface area contributed by atoms with E-state index in [1.807, 2.05) is 24.3 Å². The first-order valence-electron chi connectivity index (χ1n) is 9.59. The van der Waals surface area contributed by atoms with Crippen LogP contribution in [0.5, 0.6) is 0 Å². The van der Waals surface area contributed by atoms with Gasteiger partial charge in [0.05, 0.1) is 5.02 Å². The van der Waals surface area contributed by atoms with Crippen LogP contribution in [-0.4, -0.2) is 36.5 Å². The van der Waals surface area contributed by atoms with Gasteiger partial charge in [-0.15, -0.1) is 0 Å². The Balaban J connectivity index is 1.39. The van der Waals surface area contributed by atoms with Crippen LogP contribution in [0.2, 0.25) is 5.02 Å². The Hall–Kier alpha value is -1.78. The van der Waals surface area contributed by atoms with Crippen LogP contribution in [0.4, 0.5) is 0 Å². The Labute approximate surface area is 159 Å². The highest BCUT2D eigenvalue weighted by atomic mass is 35.5. The van der Waals surface area contributed by atoms with E-state index in [2.05, 4.69) is 10.2 Å². The fraction of sp³-hybridized carbons (Fsp3) is 0.476. The summed E-state index contributed by atoms with van der Waals surface area (Å²) in [7, 11) is 0. The first kappa shape index (κ1) is 17.6. The molecule has 1 N–H and O–H groups in total. The summed E-state index contributed by atoms with van der Waals surface area (Å²) in [6.45, 7) is 3.16. The van der Waals surface area contributed by atoms with Crippen molar-refractivity contribution in [1.82, 2.24) is 10.2 Å². The maximum Gasteiger partial charge on any atom is 0.287 e. The number of amides is 1. The van der Waals surface area contributed by atoms with Gasteiger partial charge in [0.15, 0.2) is 5.76 Å². The van der Waals surface area contributed by atoms with Gasteiger partial charge in [-0.25, -0.2) is 0 Å². The van der Waals surface area contributed by atoms with Crippen LogP contribution in [0.3, 0.4) is 0 Å². The fourth-order valence-corrected chi connectivity index (χ4v) is 4.62. The van der Waals surface area contributed by atoms with Gasteiger partial charge in [0, 0.05) is 18.2 Å². The van der Waals surface area contributed by atoms with Crippen LogP contribution < -0.4 is 5.32 Å². The van der Waals surface area contributed by atoms with E-state index in [1.54, 1.807) is 12.1 Å². The Kier molecular flexibility index (Phi) is 5.32. The summed E-state index contributed by atoms with van der Waals surface area (Å²) in [5.74, 6) is 1.37. The molecule has 0 radical (unpaired) electrons. The predicted octanol–water partition coefficient (Wildman–Crippen LogP) is 4.59. The average molecular weight is 373 g/mol. The molecule has 4 rings (SSSR count). The third kappa shape index (κ3) is 3.67. The van der Waals surface area contributed by atoms with Crippen molar-refractivity contribution >= 4 is 17.5 Å². The smallest absolute Gasteiger partial charge is 0.287 e. The summed E-state index contributed by atoms with van der Waals surface area (Å²) in [5, 5.41) is 3.71. The van der Waals surface area contributed by atoms with Crippen molar-refractivity contribution in [2.45, 2.75) is 38.1 Å². The van der Waals surface area contributed by atoms with Crippen LogP contribution >= 0.6 is 11.6 Å². The van der Waals surface area contributed by atoms with Crippen molar-refractivity contribution < 1.29 is 9.21 Å². The molecular weight excluding hydrogens is 348 g/mol. The molecule has 2 aliphatic heterocycles. The molecule has 2 atom stereocenters. The molecule has 2 aliphatic rings. The van der Waals surface area contributed by atoms with Gasteiger partial charge in [-0.1, -0.05) is 30.2 Å². The van der Waals surface area contributed by atoms with E-state index in [0.29, 0.717) is 28.5 Å². The second-order valence-corrected chi connectivity index (χ2v) is 7.76. The van der Waals surface area contributed by atoms with Gasteiger partial charge >= 0.3 is 0 Å². The summed E-state index contributed by atoms with van der Waals surface area (Å²) in [6.07, 6.45) is 6.31. The third-order valence-corrected chi connectivity index (χ3v) is 6.05. The molecule has 26 heavy (non-hydrogen) atoms. The molecule has 138 valence electrons. The van der Waals surface area contributed by atoms with E-state index in [4.69, 9.17) is 16.0 Å². The number of hydrogen-bond acceptors (Lipinski definition) is 3. The lowest BCUT2D eigenvalue weighted by Crippen LogP contribution is -2.50. The van der Waals surface area contributed by atoms with Crippen LogP contribution in [0.15, 0.2) is 40.8 Å². The zero-order chi connectivity index (χ0) is 17.9. The highest BCUT2D eigenvalue weighted by Gasteiger charge is 2.33. The number of furan rings is 1. The number of nitrogens with zero attached hydrogens (tertiary/aromatic N) is 1. The van der Waals surface area contributed by atoms with Gasteiger partial charge in [0.25, 0.3) is 5.91 Å². The van der Waals surface area contributed by atoms with Crippen molar-refractivity contribution in [2.75, 3.05) is 19.6 Å². The highest BCUT2D eigenvalue weighted by molar-refractivity contribution is 6.33. The average Bonchev–Trinajstić information content (AvgIpc) is 3.16. The molecule has 2 aromatic rings. The largest absolute Gasteiger partial charge is 0.451 e.